The molecule has 0 aliphatic heterocycles. The number of carbonyl (C=O) groups excluding carboxylic acids is 1. The van der Waals surface area contributed by atoms with Crippen molar-refractivity contribution in [3.8, 4) is 17.6 Å². The van der Waals surface area contributed by atoms with Crippen LogP contribution in [0.3, 0.4) is 0 Å². The van der Waals surface area contributed by atoms with Crippen molar-refractivity contribution in [2.24, 2.45) is 0 Å². The maximum Gasteiger partial charge on any atom is 0.266 e. The second-order valence-electron chi connectivity index (χ2n) is 5.43. The highest BCUT2D eigenvalue weighted by atomic mass is 35.5. The zero-order valence-electron chi connectivity index (χ0n) is 14.8. The first-order chi connectivity index (χ1) is 12.5. The van der Waals surface area contributed by atoms with E-state index in [1.54, 1.807) is 43.5 Å². The second kappa shape index (κ2) is 8.93. The lowest BCUT2D eigenvalue weighted by Gasteiger charge is -2.10. The smallest absolute Gasteiger partial charge is 0.266 e. The Morgan fingerprint density at radius 2 is 2.04 bits per heavy atom. The van der Waals surface area contributed by atoms with Gasteiger partial charge in [-0.15, -0.1) is 0 Å². The maximum atomic E-state index is 12.4. The van der Waals surface area contributed by atoms with Gasteiger partial charge in [0.25, 0.3) is 5.91 Å². The van der Waals surface area contributed by atoms with Gasteiger partial charge in [-0.3, -0.25) is 4.79 Å². The highest BCUT2D eigenvalue weighted by Gasteiger charge is 2.11. The summed E-state index contributed by atoms with van der Waals surface area (Å²) < 4.78 is 10.7. The molecule has 1 N–H and O–H groups in total. The molecule has 134 valence electrons. The first kappa shape index (κ1) is 19.4. The third-order valence-corrected chi connectivity index (χ3v) is 4.00. The number of amides is 1. The van der Waals surface area contributed by atoms with Gasteiger partial charge in [-0.1, -0.05) is 23.7 Å². The van der Waals surface area contributed by atoms with Crippen LogP contribution in [0.15, 0.2) is 42.0 Å². The largest absolute Gasteiger partial charge is 0.493 e. The molecule has 0 aromatic heterocycles. The van der Waals surface area contributed by atoms with Gasteiger partial charge >= 0.3 is 0 Å². The van der Waals surface area contributed by atoms with Gasteiger partial charge in [-0.05, 0) is 55.3 Å². The predicted octanol–water partition coefficient (Wildman–Crippen LogP) is 4.60. The van der Waals surface area contributed by atoms with Gasteiger partial charge in [-0.2, -0.15) is 5.26 Å². The molecule has 0 saturated carbocycles. The maximum absolute atomic E-state index is 12.4. The molecular formula is C20H19ClN2O3. The Bertz CT molecular complexity index is 885. The molecule has 5 nitrogen and oxygen atoms in total. The summed E-state index contributed by atoms with van der Waals surface area (Å²) in [6.45, 7) is 4.21. The average Bonchev–Trinajstić information content (AvgIpc) is 2.63. The van der Waals surface area contributed by atoms with Gasteiger partial charge in [0.1, 0.15) is 11.6 Å². The highest BCUT2D eigenvalue weighted by Crippen LogP contribution is 2.29. The fourth-order valence-corrected chi connectivity index (χ4v) is 2.42. The molecule has 0 unspecified atom stereocenters. The van der Waals surface area contributed by atoms with E-state index in [9.17, 15) is 10.1 Å². The lowest BCUT2D eigenvalue weighted by molar-refractivity contribution is -0.112. The van der Waals surface area contributed by atoms with E-state index in [-0.39, 0.29) is 5.57 Å². The number of anilines is 1. The Morgan fingerprint density at radius 1 is 1.27 bits per heavy atom. The fraction of sp³-hybridized carbons (Fsp3) is 0.200. The topological polar surface area (TPSA) is 71.3 Å². The minimum Gasteiger partial charge on any atom is -0.493 e. The fourth-order valence-electron chi connectivity index (χ4n) is 2.24. The summed E-state index contributed by atoms with van der Waals surface area (Å²) in [5, 5.41) is 12.6. The van der Waals surface area contributed by atoms with E-state index >= 15 is 0 Å². The van der Waals surface area contributed by atoms with Crippen LogP contribution in [0, 0.1) is 18.3 Å². The van der Waals surface area contributed by atoms with Crippen LogP contribution < -0.4 is 14.8 Å². The molecule has 0 bridgehead atoms. The van der Waals surface area contributed by atoms with Crippen molar-refractivity contribution in [3.05, 3.63) is 58.1 Å². The van der Waals surface area contributed by atoms with Crippen molar-refractivity contribution in [2.45, 2.75) is 13.8 Å². The Morgan fingerprint density at radius 3 is 2.65 bits per heavy atom. The monoisotopic (exact) mass is 370 g/mol. The Labute approximate surface area is 157 Å². The molecule has 0 spiro atoms. The summed E-state index contributed by atoms with van der Waals surface area (Å²) in [6.07, 6.45) is 1.49. The number of methoxy groups -OCH3 is 1. The quantitative estimate of drug-likeness (QED) is 0.595. The van der Waals surface area contributed by atoms with Crippen molar-refractivity contribution in [3.63, 3.8) is 0 Å². The molecular weight excluding hydrogens is 352 g/mol. The van der Waals surface area contributed by atoms with Gasteiger partial charge in [0.05, 0.1) is 13.7 Å². The zero-order valence-corrected chi connectivity index (χ0v) is 15.6. The van der Waals surface area contributed by atoms with Crippen molar-refractivity contribution in [1.82, 2.24) is 0 Å². The molecule has 0 saturated heterocycles. The predicted molar refractivity (Wildman–Crippen MR) is 103 cm³/mol. The molecule has 0 fully saturated rings. The molecule has 1 amide bonds. The molecule has 6 heteroatoms. The molecule has 2 aromatic carbocycles. The number of halogens is 1. The number of hydrogen-bond acceptors (Lipinski definition) is 4. The van der Waals surface area contributed by atoms with E-state index in [0.717, 1.165) is 5.56 Å². The molecule has 0 aliphatic rings. The second-order valence-corrected chi connectivity index (χ2v) is 5.84. The lowest BCUT2D eigenvalue weighted by atomic mass is 10.1. The van der Waals surface area contributed by atoms with E-state index in [0.29, 0.717) is 34.4 Å². The van der Waals surface area contributed by atoms with Crippen molar-refractivity contribution in [2.75, 3.05) is 19.0 Å². The van der Waals surface area contributed by atoms with Crippen LogP contribution in [0.2, 0.25) is 5.02 Å². The third kappa shape index (κ3) is 4.78. The van der Waals surface area contributed by atoms with Crippen LogP contribution in [-0.2, 0) is 4.79 Å². The molecule has 26 heavy (non-hydrogen) atoms. The van der Waals surface area contributed by atoms with Crippen molar-refractivity contribution < 1.29 is 14.3 Å². The summed E-state index contributed by atoms with van der Waals surface area (Å²) in [7, 11) is 1.55. The number of carbonyl (C=O) groups is 1. The van der Waals surface area contributed by atoms with E-state index in [1.165, 1.54) is 6.08 Å². The van der Waals surface area contributed by atoms with Crippen LogP contribution in [0.1, 0.15) is 18.1 Å². The van der Waals surface area contributed by atoms with Crippen LogP contribution in [0.25, 0.3) is 6.08 Å². The van der Waals surface area contributed by atoms with Crippen LogP contribution in [0.5, 0.6) is 11.5 Å². The first-order valence-corrected chi connectivity index (χ1v) is 8.36. The van der Waals surface area contributed by atoms with Crippen LogP contribution in [-0.4, -0.2) is 19.6 Å². The molecule has 0 atom stereocenters. The number of aryl methyl sites for hydroxylation is 1. The number of hydrogen-bond donors (Lipinski definition) is 1. The molecule has 0 aliphatic carbocycles. The minimum atomic E-state index is -0.513. The highest BCUT2D eigenvalue weighted by molar-refractivity contribution is 6.31. The van der Waals surface area contributed by atoms with Gasteiger partial charge in [0.2, 0.25) is 0 Å². The Balaban J connectivity index is 2.26. The van der Waals surface area contributed by atoms with Crippen LogP contribution >= 0.6 is 11.6 Å². The van der Waals surface area contributed by atoms with Gasteiger partial charge in [-0.25, -0.2) is 0 Å². The normalized spacial score (nSPS) is 10.8. The van der Waals surface area contributed by atoms with Crippen molar-refractivity contribution in [1.29, 1.82) is 5.26 Å². The molecule has 2 rings (SSSR count). The van der Waals surface area contributed by atoms with Gasteiger partial charge in [0.15, 0.2) is 11.5 Å². The number of rotatable bonds is 6. The molecule has 2 aromatic rings. The summed E-state index contributed by atoms with van der Waals surface area (Å²) in [6, 6.07) is 12.3. The number of nitrogens with zero attached hydrogens (tertiary/aromatic N) is 1. The first-order valence-electron chi connectivity index (χ1n) is 7.98. The average molecular weight is 371 g/mol. The number of benzene rings is 2. The number of ether oxygens (including phenoxy) is 2. The van der Waals surface area contributed by atoms with Gasteiger partial charge < -0.3 is 14.8 Å². The van der Waals surface area contributed by atoms with E-state index in [4.69, 9.17) is 21.1 Å². The molecule has 0 radical (unpaired) electrons. The number of nitriles is 1. The number of nitrogens with one attached hydrogen (secondary N) is 1. The summed E-state index contributed by atoms with van der Waals surface area (Å²) in [5.41, 5.74) is 2.05. The summed E-state index contributed by atoms with van der Waals surface area (Å²) in [5.74, 6) is 0.620. The Kier molecular flexibility index (Phi) is 6.65. The van der Waals surface area contributed by atoms with Gasteiger partial charge in [0, 0.05) is 10.7 Å². The lowest BCUT2D eigenvalue weighted by Crippen LogP contribution is -2.13. The van der Waals surface area contributed by atoms with Crippen molar-refractivity contribution >= 4 is 29.3 Å². The van der Waals surface area contributed by atoms with E-state index in [1.807, 2.05) is 19.9 Å². The van der Waals surface area contributed by atoms with Crippen LogP contribution in [0.4, 0.5) is 5.69 Å². The minimum absolute atomic E-state index is 0.0330. The summed E-state index contributed by atoms with van der Waals surface area (Å²) >= 11 is 6.06. The third-order valence-electron chi connectivity index (χ3n) is 3.59. The Hall–Kier alpha value is -2.97. The standard InChI is InChI=1S/C20H19ClN2O3/c1-4-26-19-10-14(6-8-18(19)25-3)9-15(12-22)20(24)23-16-7-5-13(2)17(21)11-16/h5-11H,4H2,1-3H3,(H,23,24)/b15-9+. The van der Waals surface area contributed by atoms with E-state index in [2.05, 4.69) is 5.32 Å². The zero-order chi connectivity index (χ0) is 19.1. The SMILES string of the molecule is CCOc1cc(/C=C(\C#N)C(=O)Nc2ccc(C)c(Cl)c2)ccc1OC. The molecule has 0 heterocycles. The van der Waals surface area contributed by atoms with E-state index < -0.39 is 5.91 Å². The summed E-state index contributed by atoms with van der Waals surface area (Å²) in [4.78, 5) is 12.4.